The standard InChI is InChI=1S/C9H12.2H2O2.H2O/c1-8(2)9-6-4-3-5-7-9;2*1-2;/h3-8H,1-2H3;2*1-2H;1H2. The Morgan fingerprint density at radius 2 is 1.21 bits per heavy atom. The van der Waals surface area contributed by atoms with Crippen molar-refractivity contribution in [1.29, 1.82) is 0 Å². The molecule has 0 aliphatic heterocycles. The van der Waals surface area contributed by atoms with Crippen LogP contribution in [-0.2, 0) is 0 Å². The molecular formula is C9H18O5. The molecule has 0 amide bonds. The average molecular weight is 206 g/mol. The van der Waals surface area contributed by atoms with Crippen molar-refractivity contribution in [2.45, 2.75) is 19.8 Å². The Bertz CT molecular complexity index is 176. The van der Waals surface area contributed by atoms with E-state index in [1.165, 1.54) is 5.56 Å². The van der Waals surface area contributed by atoms with Crippen LogP contribution in [0.3, 0.4) is 0 Å². The van der Waals surface area contributed by atoms with Gasteiger partial charge in [-0.25, -0.2) is 0 Å². The van der Waals surface area contributed by atoms with E-state index in [0.29, 0.717) is 5.92 Å². The highest BCUT2D eigenvalue weighted by Crippen LogP contribution is 2.11. The van der Waals surface area contributed by atoms with Gasteiger partial charge in [0.1, 0.15) is 0 Å². The Morgan fingerprint density at radius 1 is 0.857 bits per heavy atom. The van der Waals surface area contributed by atoms with Gasteiger partial charge in [0, 0.05) is 0 Å². The summed E-state index contributed by atoms with van der Waals surface area (Å²) in [6, 6.07) is 10.5. The molecule has 6 N–H and O–H groups in total. The molecule has 0 aliphatic carbocycles. The molecule has 1 rings (SSSR count). The molecule has 0 saturated heterocycles. The summed E-state index contributed by atoms with van der Waals surface area (Å²) in [5.41, 5.74) is 1.41. The Labute approximate surface area is 83.1 Å². The number of rotatable bonds is 1. The van der Waals surface area contributed by atoms with Crippen molar-refractivity contribution in [3.8, 4) is 0 Å². The van der Waals surface area contributed by atoms with Crippen molar-refractivity contribution >= 4 is 0 Å². The first-order valence-electron chi connectivity index (χ1n) is 3.75. The third-order valence-electron chi connectivity index (χ3n) is 1.47. The second-order valence-electron chi connectivity index (χ2n) is 2.57. The third-order valence-corrected chi connectivity index (χ3v) is 1.47. The number of hydrogen-bond donors (Lipinski definition) is 4. The zero-order chi connectivity index (χ0) is 10.7. The number of hydrogen-bond acceptors (Lipinski definition) is 4. The summed E-state index contributed by atoms with van der Waals surface area (Å²) in [6.45, 7) is 4.41. The molecule has 0 bridgehead atoms. The molecule has 0 spiro atoms. The van der Waals surface area contributed by atoms with Gasteiger partial charge in [-0.05, 0) is 11.5 Å². The molecule has 0 saturated carbocycles. The summed E-state index contributed by atoms with van der Waals surface area (Å²) in [4.78, 5) is 0. The van der Waals surface area contributed by atoms with Crippen LogP contribution in [-0.4, -0.2) is 26.5 Å². The highest BCUT2D eigenvalue weighted by Gasteiger charge is 1.93. The molecule has 0 heterocycles. The molecule has 0 aromatic heterocycles. The monoisotopic (exact) mass is 206 g/mol. The Balaban J connectivity index is -0.000000216. The predicted octanol–water partition coefficient (Wildman–Crippen LogP) is 2.02. The highest BCUT2D eigenvalue weighted by molar-refractivity contribution is 5.17. The maximum absolute atomic E-state index is 6.00. The van der Waals surface area contributed by atoms with Crippen molar-refractivity contribution in [2.24, 2.45) is 0 Å². The predicted molar refractivity (Wildman–Crippen MR) is 54.7 cm³/mol. The van der Waals surface area contributed by atoms with E-state index in [2.05, 4.69) is 38.1 Å². The molecule has 0 radical (unpaired) electrons. The van der Waals surface area contributed by atoms with Crippen LogP contribution < -0.4 is 0 Å². The average Bonchev–Trinajstić information content (AvgIpc) is 2.25. The Morgan fingerprint density at radius 3 is 1.43 bits per heavy atom. The largest absolute Gasteiger partial charge is 0.412 e. The van der Waals surface area contributed by atoms with E-state index in [9.17, 15) is 0 Å². The molecular weight excluding hydrogens is 188 g/mol. The van der Waals surface area contributed by atoms with Crippen molar-refractivity contribution < 1.29 is 26.5 Å². The van der Waals surface area contributed by atoms with E-state index >= 15 is 0 Å². The summed E-state index contributed by atoms with van der Waals surface area (Å²) in [5, 5.41) is 24.0. The second-order valence-corrected chi connectivity index (χ2v) is 2.57. The lowest BCUT2D eigenvalue weighted by Crippen LogP contribution is -1.83. The van der Waals surface area contributed by atoms with Gasteiger partial charge < -0.3 is 5.48 Å². The minimum Gasteiger partial charge on any atom is -0.412 e. The van der Waals surface area contributed by atoms with Crippen molar-refractivity contribution in [3.63, 3.8) is 0 Å². The summed E-state index contributed by atoms with van der Waals surface area (Å²) in [7, 11) is 0. The molecule has 0 unspecified atom stereocenters. The fourth-order valence-corrected chi connectivity index (χ4v) is 0.838. The molecule has 14 heavy (non-hydrogen) atoms. The smallest absolute Gasteiger partial charge is 0.0219 e. The van der Waals surface area contributed by atoms with Gasteiger partial charge in [0.2, 0.25) is 0 Å². The minimum absolute atomic E-state index is 0. The first kappa shape index (κ1) is 18.7. The zero-order valence-corrected chi connectivity index (χ0v) is 8.25. The van der Waals surface area contributed by atoms with Gasteiger partial charge in [-0.1, -0.05) is 44.2 Å². The van der Waals surface area contributed by atoms with Gasteiger partial charge in [0.25, 0.3) is 0 Å². The lowest BCUT2D eigenvalue weighted by Gasteiger charge is -2.01. The fraction of sp³-hybridized carbons (Fsp3) is 0.333. The topological polar surface area (TPSA) is 112 Å². The van der Waals surface area contributed by atoms with Crippen LogP contribution in [0, 0.1) is 0 Å². The lowest BCUT2D eigenvalue weighted by atomic mass is 10.0. The molecule has 0 fully saturated rings. The van der Waals surface area contributed by atoms with E-state index in [-0.39, 0.29) is 5.48 Å². The summed E-state index contributed by atoms with van der Waals surface area (Å²) < 4.78 is 0. The van der Waals surface area contributed by atoms with Gasteiger partial charge in [-0.3, -0.25) is 21.0 Å². The van der Waals surface area contributed by atoms with Crippen LogP contribution in [0.15, 0.2) is 30.3 Å². The van der Waals surface area contributed by atoms with Gasteiger partial charge in [-0.2, -0.15) is 0 Å². The SMILES string of the molecule is CC(C)c1ccccc1.O.OO.OO. The highest BCUT2D eigenvalue weighted by atomic mass is 17.0. The molecule has 5 heteroatoms. The van der Waals surface area contributed by atoms with Gasteiger partial charge in [0.05, 0.1) is 0 Å². The third kappa shape index (κ3) is 9.11. The first-order valence-corrected chi connectivity index (χ1v) is 3.75. The van der Waals surface area contributed by atoms with Gasteiger partial charge in [0.15, 0.2) is 0 Å². The van der Waals surface area contributed by atoms with Crippen molar-refractivity contribution in [3.05, 3.63) is 35.9 Å². The van der Waals surface area contributed by atoms with Crippen LogP contribution in [0.25, 0.3) is 0 Å². The van der Waals surface area contributed by atoms with Gasteiger partial charge >= 0.3 is 0 Å². The minimum atomic E-state index is 0. The van der Waals surface area contributed by atoms with E-state index in [4.69, 9.17) is 21.0 Å². The maximum Gasteiger partial charge on any atom is -0.0219 e. The number of benzene rings is 1. The molecule has 5 nitrogen and oxygen atoms in total. The van der Waals surface area contributed by atoms with E-state index in [1.807, 2.05) is 6.07 Å². The van der Waals surface area contributed by atoms with Crippen LogP contribution >= 0.6 is 0 Å². The summed E-state index contributed by atoms with van der Waals surface area (Å²) in [5.74, 6) is 0.659. The maximum atomic E-state index is 6.00. The molecule has 0 aliphatic rings. The first-order chi connectivity index (χ1) is 6.30. The quantitative estimate of drug-likeness (QED) is 0.416. The summed E-state index contributed by atoms with van der Waals surface area (Å²) >= 11 is 0. The normalized spacial score (nSPS) is 7.36. The van der Waals surface area contributed by atoms with Crippen molar-refractivity contribution in [2.75, 3.05) is 0 Å². The van der Waals surface area contributed by atoms with Gasteiger partial charge in [-0.15, -0.1) is 0 Å². The van der Waals surface area contributed by atoms with E-state index < -0.39 is 0 Å². The van der Waals surface area contributed by atoms with E-state index in [0.717, 1.165) is 0 Å². The van der Waals surface area contributed by atoms with Crippen LogP contribution in [0.5, 0.6) is 0 Å². The van der Waals surface area contributed by atoms with Crippen LogP contribution in [0.4, 0.5) is 0 Å². The zero-order valence-electron chi connectivity index (χ0n) is 8.25. The second kappa shape index (κ2) is 14.5. The molecule has 1 aromatic carbocycles. The molecule has 84 valence electrons. The molecule has 1 aromatic rings. The van der Waals surface area contributed by atoms with Crippen LogP contribution in [0.2, 0.25) is 0 Å². The Kier molecular flexibility index (Phi) is 19.5. The Hall–Kier alpha value is -0.980. The van der Waals surface area contributed by atoms with E-state index in [1.54, 1.807) is 0 Å². The lowest BCUT2D eigenvalue weighted by molar-refractivity contribution is -0.176. The summed E-state index contributed by atoms with van der Waals surface area (Å²) in [6.07, 6.45) is 0. The van der Waals surface area contributed by atoms with Crippen molar-refractivity contribution in [1.82, 2.24) is 0 Å². The fourth-order valence-electron chi connectivity index (χ4n) is 0.838. The molecule has 0 atom stereocenters. The van der Waals surface area contributed by atoms with Crippen LogP contribution in [0.1, 0.15) is 25.3 Å².